The van der Waals surface area contributed by atoms with Gasteiger partial charge in [-0.05, 0) is 42.7 Å². The topological polar surface area (TPSA) is 107 Å². The lowest BCUT2D eigenvalue weighted by Crippen LogP contribution is -2.43. The van der Waals surface area contributed by atoms with Crippen LogP contribution in [0.15, 0.2) is 47.1 Å². The van der Waals surface area contributed by atoms with Crippen molar-refractivity contribution in [3.63, 3.8) is 0 Å². The van der Waals surface area contributed by atoms with Gasteiger partial charge in [0.15, 0.2) is 0 Å². The Hall–Kier alpha value is -3.94. The molecule has 34 heavy (non-hydrogen) atoms. The first-order valence-corrected chi connectivity index (χ1v) is 10.7. The first-order chi connectivity index (χ1) is 16.2. The van der Waals surface area contributed by atoms with Crippen LogP contribution in [-0.2, 0) is 9.59 Å². The molecule has 0 aliphatic carbocycles. The molecule has 1 heterocycles. The Morgan fingerprint density at radius 3 is 2.29 bits per heavy atom. The molecule has 3 aromatic rings. The van der Waals surface area contributed by atoms with Crippen molar-refractivity contribution < 1.29 is 33.3 Å². The summed E-state index contributed by atoms with van der Waals surface area (Å²) in [4.78, 5) is 24.0. The van der Waals surface area contributed by atoms with E-state index in [2.05, 4.69) is 5.32 Å². The number of methoxy groups -OCH3 is 3. The number of nitrogens with one attached hydrogen (secondary N) is 1. The highest BCUT2D eigenvalue weighted by Crippen LogP contribution is 2.41. The number of carbonyl (C=O) groups excluding carboxylic acids is 1. The van der Waals surface area contributed by atoms with Crippen molar-refractivity contribution in [1.82, 2.24) is 5.32 Å². The van der Waals surface area contributed by atoms with Gasteiger partial charge < -0.3 is 29.1 Å². The molecule has 1 unspecified atom stereocenters. The fourth-order valence-electron chi connectivity index (χ4n) is 3.75. The third-order valence-corrected chi connectivity index (χ3v) is 5.60. The van der Waals surface area contributed by atoms with Gasteiger partial charge in [-0.25, -0.2) is 4.79 Å². The zero-order valence-corrected chi connectivity index (χ0v) is 20.1. The van der Waals surface area contributed by atoms with Gasteiger partial charge in [-0.15, -0.1) is 0 Å². The summed E-state index contributed by atoms with van der Waals surface area (Å²) in [6.07, 6.45) is 3.00. The fourth-order valence-corrected chi connectivity index (χ4v) is 3.75. The van der Waals surface area contributed by atoms with Crippen LogP contribution in [0.5, 0.6) is 17.2 Å². The van der Waals surface area contributed by atoms with Crippen LogP contribution in [0, 0.1) is 5.92 Å². The lowest BCUT2D eigenvalue weighted by molar-refractivity contribution is -0.142. The van der Waals surface area contributed by atoms with Gasteiger partial charge in [0.05, 0.1) is 27.6 Å². The summed E-state index contributed by atoms with van der Waals surface area (Å²) in [6.45, 7) is 5.24. The van der Waals surface area contributed by atoms with E-state index in [1.54, 1.807) is 47.3 Å². The molecule has 0 radical (unpaired) electrons. The highest BCUT2D eigenvalue weighted by atomic mass is 16.5. The van der Waals surface area contributed by atoms with Crippen molar-refractivity contribution in [3.8, 4) is 28.4 Å². The van der Waals surface area contributed by atoms with E-state index in [4.69, 9.17) is 18.6 Å². The quantitative estimate of drug-likeness (QED) is 0.437. The molecule has 0 aliphatic heterocycles. The summed E-state index contributed by atoms with van der Waals surface area (Å²) in [5.74, 6) is 0.00978. The first-order valence-electron chi connectivity index (χ1n) is 10.7. The van der Waals surface area contributed by atoms with Crippen LogP contribution >= 0.6 is 0 Å². The van der Waals surface area contributed by atoms with E-state index in [1.165, 1.54) is 13.2 Å². The van der Waals surface area contributed by atoms with Crippen LogP contribution in [0.3, 0.4) is 0 Å². The zero-order chi connectivity index (χ0) is 25.0. The minimum Gasteiger partial charge on any atom is -0.497 e. The molecule has 2 aromatic carbocycles. The molecule has 0 bridgehead atoms. The molecule has 8 heteroatoms. The summed E-state index contributed by atoms with van der Waals surface area (Å²) < 4.78 is 22.2. The van der Waals surface area contributed by atoms with Gasteiger partial charge in [0.2, 0.25) is 5.91 Å². The van der Waals surface area contributed by atoms with Gasteiger partial charge in [0.25, 0.3) is 0 Å². The SMILES string of the molecule is COc1ccc(OC)c(-c2coc3cc(OC)c(/C(C)=C/C(=O)NC(C(=O)O)C(C)C)cc23)c1. The smallest absolute Gasteiger partial charge is 0.326 e. The van der Waals surface area contributed by atoms with Crippen molar-refractivity contribution in [3.05, 3.63) is 48.2 Å². The van der Waals surface area contributed by atoms with Crippen LogP contribution in [-0.4, -0.2) is 44.4 Å². The molecule has 0 spiro atoms. The Kier molecular flexibility index (Phi) is 7.50. The molecule has 1 amide bonds. The number of amides is 1. The summed E-state index contributed by atoms with van der Waals surface area (Å²) >= 11 is 0. The fraction of sp³-hybridized carbons (Fsp3) is 0.308. The maximum absolute atomic E-state index is 12.6. The number of benzene rings is 2. The number of fused-ring (bicyclic) bond motifs is 1. The monoisotopic (exact) mass is 467 g/mol. The first kappa shape index (κ1) is 24.7. The molecular formula is C26H29NO7. The third kappa shape index (κ3) is 5.01. The van der Waals surface area contributed by atoms with Gasteiger partial charge in [-0.1, -0.05) is 13.8 Å². The Morgan fingerprint density at radius 2 is 1.71 bits per heavy atom. The average Bonchev–Trinajstić information content (AvgIpc) is 3.23. The van der Waals surface area contributed by atoms with Gasteiger partial charge >= 0.3 is 5.97 Å². The molecule has 3 rings (SSSR count). The normalized spacial score (nSPS) is 12.5. The maximum atomic E-state index is 12.6. The van der Waals surface area contributed by atoms with Gasteiger partial charge in [-0.3, -0.25) is 4.79 Å². The summed E-state index contributed by atoms with van der Waals surface area (Å²) in [5.41, 5.74) is 3.46. The zero-order valence-electron chi connectivity index (χ0n) is 20.1. The lowest BCUT2D eigenvalue weighted by atomic mass is 9.98. The Bertz CT molecular complexity index is 1240. The van der Waals surface area contributed by atoms with Crippen LogP contribution in [0.2, 0.25) is 0 Å². The van der Waals surface area contributed by atoms with Crippen molar-refractivity contribution in [2.75, 3.05) is 21.3 Å². The predicted octanol–water partition coefficient (Wildman–Crippen LogP) is 4.75. The van der Waals surface area contributed by atoms with Gasteiger partial charge in [0, 0.05) is 34.2 Å². The third-order valence-electron chi connectivity index (χ3n) is 5.60. The number of carboxylic acids is 1. The summed E-state index contributed by atoms with van der Waals surface area (Å²) in [6, 6.07) is 8.14. The highest BCUT2D eigenvalue weighted by molar-refractivity contribution is 6.01. The Balaban J connectivity index is 2.08. The Labute approximate surface area is 198 Å². The van der Waals surface area contributed by atoms with E-state index < -0.39 is 17.9 Å². The minimum atomic E-state index is -1.08. The maximum Gasteiger partial charge on any atom is 0.326 e. The second kappa shape index (κ2) is 10.3. The number of rotatable bonds is 9. The number of furan rings is 1. The number of aliphatic carboxylic acids is 1. The van der Waals surface area contributed by atoms with E-state index in [1.807, 2.05) is 24.3 Å². The Morgan fingerprint density at radius 1 is 1.00 bits per heavy atom. The van der Waals surface area contributed by atoms with Crippen molar-refractivity contribution >= 4 is 28.4 Å². The predicted molar refractivity (Wildman–Crippen MR) is 129 cm³/mol. The van der Waals surface area contributed by atoms with E-state index in [0.29, 0.717) is 34.0 Å². The van der Waals surface area contributed by atoms with Gasteiger partial charge in [-0.2, -0.15) is 0 Å². The second-order valence-corrected chi connectivity index (χ2v) is 8.16. The lowest BCUT2D eigenvalue weighted by Gasteiger charge is -2.17. The van der Waals surface area contributed by atoms with E-state index in [-0.39, 0.29) is 5.92 Å². The molecule has 2 N–H and O–H groups in total. The summed E-state index contributed by atoms with van der Waals surface area (Å²) in [7, 11) is 4.72. The highest BCUT2D eigenvalue weighted by Gasteiger charge is 2.23. The van der Waals surface area contributed by atoms with E-state index in [9.17, 15) is 14.7 Å². The number of hydrogen-bond acceptors (Lipinski definition) is 6. The summed E-state index contributed by atoms with van der Waals surface area (Å²) in [5, 5.41) is 12.7. The molecule has 1 atom stereocenters. The van der Waals surface area contributed by atoms with E-state index in [0.717, 1.165) is 16.5 Å². The molecule has 1 aromatic heterocycles. The van der Waals surface area contributed by atoms with Crippen LogP contribution < -0.4 is 19.5 Å². The van der Waals surface area contributed by atoms with Crippen LogP contribution in [0.4, 0.5) is 0 Å². The number of allylic oxidation sites excluding steroid dienone is 1. The molecular weight excluding hydrogens is 438 g/mol. The molecule has 0 saturated heterocycles. The van der Waals surface area contributed by atoms with Crippen molar-refractivity contribution in [2.45, 2.75) is 26.8 Å². The second-order valence-electron chi connectivity index (χ2n) is 8.16. The number of carboxylic acid groups (broad SMARTS) is 1. The minimum absolute atomic E-state index is 0.257. The van der Waals surface area contributed by atoms with Crippen molar-refractivity contribution in [1.29, 1.82) is 0 Å². The molecule has 180 valence electrons. The number of ether oxygens (including phenoxy) is 3. The van der Waals surface area contributed by atoms with Crippen molar-refractivity contribution in [2.24, 2.45) is 5.92 Å². The average molecular weight is 468 g/mol. The standard InChI is InChI=1S/C26H29NO7/c1-14(2)25(26(29)30)27-24(28)9-15(3)17-11-19-20(13-34-23(19)12-22(17)33-6)18-10-16(31-4)7-8-21(18)32-5/h7-14,25H,1-6H3,(H,27,28)(H,29,30)/b15-9+. The number of carbonyl (C=O) groups is 2. The molecule has 8 nitrogen and oxygen atoms in total. The molecule has 0 saturated carbocycles. The van der Waals surface area contributed by atoms with E-state index >= 15 is 0 Å². The largest absolute Gasteiger partial charge is 0.497 e. The van der Waals surface area contributed by atoms with Gasteiger partial charge in [0.1, 0.15) is 28.9 Å². The van der Waals surface area contributed by atoms with Crippen LogP contribution in [0.1, 0.15) is 26.3 Å². The number of hydrogen-bond donors (Lipinski definition) is 2. The molecule has 0 fully saturated rings. The molecule has 0 aliphatic rings. The van der Waals surface area contributed by atoms with Crippen LogP contribution in [0.25, 0.3) is 27.7 Å².